The fraction of sp³-hybridized carbons (Fsp3) is 0.682. The van der Waals surface area contributed by atoms with Crippen molar-refractivity contribution >= 4 is 29.9 Å². The Morgan fingerprint density at radius 2 is 1.64 bits per heavy atom. The van der Waals surface area contributed by atoms with Crippen LogP contribution in [0.4, 0.5) is 0 Å². The minimum Gasteiger partial charge on any atom is -0.357 e. The van der Waals surface area contributed by atoms with Gasteiger partial charge < -0.3 is 15.5 Å². The molecule has 0 bridgehead atoms. The van der Waals surface area contributed by atoms with Crippen LogP contribution in [-0.4, -0.2) is 61.1 Å². The summed E-state index contributed by atoms with van der Waals surface area (Å²) >= 11 is 0. The van der Waals surface area contributed by atoms with Crippen molar-refractivity contribution in [2.24, 2.45) is 4.99 Å². The van der Waals surface area contributed by atoms with Crippen molar-refractivity contribution in [2.75, 3.05) is 39.3 Å². The summed E-state index contributed by atoms with van der Waals surface area (Å²) in [5.74, 6) is 0.968. The molecule has 1 heterocycles. The van der Waals surface area contributed by atoms with Gasteiger partial charge in [0.2, 0.25) is 0 Å². The van der Waals surface area contributed by atoms with E-state index in [1.54, 1.807) is 0 Å². The van der Waals surface area contributed by atoms with Gasteiger partial charge in [-0.25, -0.2) is 4.99 Å². The number of likely N-dealkylation sites (N-methyl/N-ethyl adjacent to an activating group) is 1. The number of hydrogen-bond acceptors (Lipinski definition) is 3. The third-order valence-corrected chi connectivity index (χ3v) is 5.87. The van der Waals surface area contributed by atoms with Crippen LogP contribution in [0.5, 0.6) is 0 Å². The summed E-state index contributed by atoms with van der Waals surface area (Å²) in [7, 11) is 0. The average Bonchev–Trinajstić information content (AvgIpc) is 3.21. The number of aliphatic imine (C=N–C) groups is 1. The normalized spacial score (nSPS) is 19.4. The van der Waals surface area contributed by atoms with E-state index in [1.807, 2.05) is 0 Å². The van der Waals surface area contributed by atoms with Crippen molar-refractivity contribution in [1.82, 2.24) is 20.4 Å². The fourth-order valence-electron chi connectivity index (χ4n) is 4.12. The summed E-state index contributed by atoms with van der Waals surface area (Å²) in [6.45, 7) is 12.9. The zero-order chi connectivity index (χ0) is 18.9. The maximum atomic E-state index is 4.89. The van der Waals surface area contributed by atoms with Crippen LogP contribution in [0.2, 0.25) is 0 Å². The highest BCUT2D eigenvalue weighted by atomic mass is 127. The molecule has 1 aliphatic heterocycles. The van der Waals surface area contributed by atoms with E-state index in [1.165, 1.54) is 56.4 Å². The topological polar surface area (TPSA) is 42.9 Å². The maximum Gasteiger partial charge on any atom is 0.191 e. The van der Waals surface area contributed by atoms with Crippen LogP contribution in [0.25, 0.3) is 0 Å². The second-order valence-corrected chi connectivity index (χ2v) is 7.80. The summed E-state index contributed by atoms with van der Waals surface area (Å²) in [5.41, 5.74) is 2.77. The number of nitrogens with zero attached hydrogens (tertiary/aromatic N) is 3. The van der Waals surface area contributed by atoms with Gasteiger partial charge in [0.05, 0.1) is 6.54 Å². The Hall–Kier alpha value is -0.860. The first kappa shape index (κ1) is 23.4. The van der Waals surface area contributed by atoms with Crippen LogP contribution in [-0.2, 0) is 13.1 Å². The van der Waals surface area contributed by atoms with Crippen LogP contribution in [0.15, 0.2) is 29.3 Å². The van der Waals surface area contributed by atoms with Crippen molar-refractivity contribution in [3.05, 3.63) is 35.4 Å². The van der Waals surface area contributed by atoms with E-state index in [9.17, 15) is 0 Å². The van der Waals surface area contributed by atoms with Crippen LogP contribution >= 0.6 is 24.0 Å². The number of hydrogen-bond donors (Lipinski definition) is 2. The van der Waals surface area contributed by atoms with Crippen LogP contribution in [0.3, 0.4) is 0 Å². The number of guanidine groups is 1. The highest BCUT2D eigenvalue weighted by Gasteiger charge is 2.17. The molecule has 0 amide bonds. The van der Waals surface area contributed by atoms with Crippen molar-refractivity contribution in [1.29, 1.82) is 0 Å². The molecule has 6 heteroatoms. The Morgan fingerprint density at radius 1 is 1.00 bits per heavy atom. The van der Waals surface area contributed by atoms with Crippen LogP contribution in [0.1, 0.15) is 50.7 Å². The lowest BCUT2D eigenvalue weighted by atomic mass is 10.1. The van der Waals surface area contributed by atoms with Gasteiger partial charge in [0.15, 0.2) is 5.96 Å². The average molecular weight is 499 g/mol. The molecular formula is C22H38IN5. The quantitative estimate of drug-likeness (QED) is 0.343. The van der Waals surface area contributed by atoms with Gasteiger partial charge in [-0.05, 0) is 37.4 Å². The van der Waals surface area contributed by atoms with Gasteiger partial charge in [0.1, 0.15) is 0 Å². The van der Waals surface area contributed by atoms with E-state index >= 15 is 0 Å². The van der Waals surface area contributed by atoms with Gasteiger partial charge in [-0.2, -0.15) is 0 Å². The smallest absolute Gasteiger partial charge is 0.191 e. The van der Waals surface area contributed by atoms with Crippen molar-refractivity contribution < 1.29 is 0 Å². The highest BCUT2D eigenvalue weighted by molar-refractivity contribution is 14.0. The van der Waals surface area contributed by atoms with Crippen LogP contribution in [0, 0.1) is 0 Å². The molecule has 1 aliphatic carbocycles. The molecule has 2 N–H and O–H groups in total. The summed E-state index contributed by atoms with van der Waals surface area (Å²) in [6, 6.07) is 9.40. The minimum atomic E-state index is 0. The highest BCUT2D eigenvalue weighted by Crippen LogP contribution is 2.18. The first-order valence-electron chi connectivity index (χ1n) is 10.8. The van der Waals surface area contributed by atoms with Gasteiger partial charge in [-0.3, -0.25) is 4.90 Å². The van der Waals surface area contributed by atoms with E-state index in [0.717, 1.165) is 38.7 Å². The van der Waals surface area contributed by atoms with Crippen molar-refractivity contribution in [2.45, 2.75) is 58.7 Å². The largest absolute Gasteiger partial charge is 0.357 e. The van der Waals surface area contributed by atoms with Gasteiger partial charge in [-0.1, -0.05) is 44.0 Å². The Balaban J connectivity index is 0.00000280. The zero-order valence-corrected chi connectivity index (χ0v) is 20.0. The molecule has 0 atom stereocenters. The van der Waals surface area contributed by atoms with E-state index < -0.39 is 0 Å². The Kier molecular flexibility index (Phi) is 10.6. The minimum absolute atomic E-state index is 0. The number of halogens is 1. The standard InChI is InChI=1S/C22H37N5.HI/c1-3-23-22(25-21-11-7-8-12-21)24-17-19-9-5-6-10-20(19)18-27-15-13-26(4-2)14-16-27;/h5-6,9-10,21H,3-4,7-8,11-18H2,1-2H3,(H2,23,24,25);1H. The van der Waals surface area contributed by atoms with Crippen LogP contribution < -0.4 is 10.6 Å². The predicted molar refractivity (Wildman–Crippen MR) is 129 cm³/mol. The Bertz CT molecular complexity index is 592. The molecule has 1 saturated heterocycles. The molecule has 28 heavy (non-hydrogen) atoms. The van der Waals surface area contributed by atoms with Gasteiger partial charge in [0, 0.05) is 45.3 Å². The number of piperazine rings is 1. The molecule has 2 aliphatic rings. The first-order valence-corrected chi connectivity index (χ1v) is 10.8. The second kappa shape index (κ2) is 12.6. The lowest BCUT2D eigenvalue weighted by Gasteiger charge is -2.34. The molecule has 0 radical (unpaired) electrons. The van der Waals surface area contributed by atoms with Gasteiger partial charge >= 0.3 is 0 Å². The monoisotopic (exact) mass is 499 g/mol. The Morgan fingerprint density at radius 3 is 2.29 bits per heavy atom. The fourth-order valence-corrected chi connectivity index (χ4v) is 4.12. The first-order chi connectivity index (χ1) is 13.3. The summed E-state index contributed by atoms with van der Waals surface area (Å²) in [5, 5.41) is 7.04. The SMILES string of the molecule is CCNC(=NCc1ccccc1CN1CCN(CC)CC1)NC1CCCC1.I. The number of benzene rings is 1. The molecule has 3 rings (SSSR count). The van der Waals surface area contributed by atoms with E-state index in [4.69, 9.17) is 4.99 Å². The number of rotatable bonds is 7. The van der Waals surface area contributed by atoms with E-state index in [-0.39, 0.29) is 24.0 Å². The molecule has 0 spiro atoms. The third kappa shape index (κ3) is 7.19. The summed E-state index contributed by atoms with van der Waals surface area (Å²) in [6.07, 6.45) is 5.21. The van der Waals surface area contributed by atoms with Crippen molar-refractivity contribution in [3.8, 4) is 0 Å². The van der Waals surface area contributed by atoms with Crippen molar-refractivity contribution in [3.63, 3.8) is 0 Å². The molecular weight excluding hydrogens is 461 g/mol. The molecule has 1 aromatic carbocycles. The summed E-state index contributed by atoms with van der Waals surface area (Å²) in [4.78, 5) is 10.0. The second-order valence-electron chi connectivity index (χ2n) is 7.80. The lowest BCUT2D eigenvalue weighted by Crippen LogP contribution is -2.45. The molecule has 1 aromatic rings. The molecule has 1 saturated carbocycles. The molecule has 2 fully saturated rings. The third-order valence-electron chi connectivity index (χ3n) is 5.87. The predicted octanol–water partition coefficient (Wildman–Crippen LogP) is 3.44. The summed E-state index contributed by atoms with van der Waals surface area (Å²) < 4.78 is 0. The molecule has 5 nitrogen and oxygen atoms in total. The lowest BCUT2D eigenvalue weighted by molar-refractivity contribution is 0.131. The zero-order valence-electron chi connectivity index (χ0n) is 17.6. The van der Waals surface area contributed by atoms with E-state index in [0.29, 0.717) is 6.04 Å². The Labute approximate surface area is 188 Å². The molecule has 0 aromatic heterocycles. The molecule has 0 unspecified atom stereocenters. The van der Waals surface area contributed by atoms with E-state index in [2.05, 4.69) is 58.5 Å². The number of nitrogens with one attached hydrogen (secondary N) is 2. The molecule has 158 valence electrons. The van der Waals surface area contributed by atoms with Gasteiger partial charge in [0.25, 0.3) is 0 Å². The maximum absolute atomic E-state index is 4.89. The van der Waals surface area contributed by atoms with Gasteiger partial charge in [-0.15, -0.1) is 24.0 Å².